The van der Waals surface area contributed by atoms with Gasteiger partial charge in [0.1, 0.15) is 0 Å². The zero-order chi connectivity index (χ0) is 19.5. The Morgan fingerprint density at radius 2 is 1.81 bits per heavy atom. The summed E-state index contributed by atoms with van der Waals surface area (Å²) >= 11 is 5.62. The maximum Gasteiger partial charge on any atom is 0.418 e. The average molecular weight is 393 g/mol. The van der Waals surface area contributed by atoms with Crippen LogP contribution in [0.5, 0.6) is 0 Å². The van der Waals surface area contributed by atoms with Crippen molar-refractivity contribution in [1.29, 1.82) is 0 Å². The van der Waals surface area contributed by atoms with Gasteiger partial charge in [0.2, 0.25) is 5.91 Å². The molecule has 0 atom stereocenters. The van der Waals surface area contributed by atoms with E-state index in [1.54, 1.807) is 23.9 Å². The maximum absolute atomic E-state index is 13.1. The van der Waals surface area contributed by atoms with Crippen molar-refractivity contribution in [1.82, 2.24) is 14.7 Å². The second kappa shape index (κ2) is 8.13. The minimum Gasteiger partial charge on any atom is -0.331 e. The second-order valence-electron chi connectivity index (χ2n) is 6.18. The highest BCUT2D eigenvalue weighted by molar-refractivity contribution is 6.30. The van der Waals surface area contributed by atoms with E-state index >= 15 is 0 Å². The number of nitrogens with one attached hydrogen (secondary N) is 1. The highest BCUT2D eigenvalue weighted by atomic mass is 35.5. The number of carbonyl (C=O) groups excluding carboxylic acids is 2. The lowest BCUT2D eigenvalue weighted by Crippen LogP contribution is -2.52. The van der Waals surface area contributed by atoms with Crippen molar-refractivity contribution in [2.24, 2.45) is 0 Å². The van der Waals surface area contributed by atoms with Crippen molar-refractivity contribution in [3.63, 3.8) is 0 Å². The van der Waals surface area contributed by atoms with Gasteiger partial charge >= 0.3 is 12.2 Å². The van der Waals surface area contributed by atoms with Crippen LogP contribution in [0, 0.1) is 0 Å². The Balaban J connectivity index is 1.94. The monoisotopic (exact) mass is 392 g/mol. The Hall–Kier alpha value is -2.00. The third kappa shape index (κ3) is 5.25. The number of rotatable bonds is 3. The molecular weight excluding hydrogens is 373 g/mol. The van der Waals surface area contributed by atoms with Crippen LogP contribution in [0.2, 0.25) is 5.02 Å². The van der Waals surface area contributed by atoms with Crippen LogP contribution in [-0.4, -0.2) is 73.5 Å². The van der Waals surface area contributed by atoms with Crippen LogP contribution in [-0.2, 0) is 11.0 Å². The second-order valence-corrected chi connectivity index (χ2v) is 6.61. The lowest BCUT2D eigenvalue weighted by molar-refractivity contribution is -0.137. The van der Waals surface area contributed by atoms with Crippen LogP contribution in [0.4, 0.5) is 23.7 Å². The summed E-state index contributed by atoms with van der Waals surface area (Å²) < 4.78 is 39.2. The first-order valence-corrected chi connectivity index (χ1v) is 8.31. The molecule has 0 aromatic heterocycles. The van der Waals surface area contributed by atoms with E-state index in [0.717, 1.165) is 12.1 Å². The molecule has 1 saturated heterocycles. The van der Waals surface area contributed by atoms with Gasteiger partial charge in [0.15, 0.2) is 0 Å². The molecule has 1 aromatic rings. The van der Waals surface area contributed by atoms with Crippen LogP contribution in [0.1, 0.15) is 5.56 Å². The summed E-state index contributed by atoms with van der Waals surface area (Å²) in [5.41, 5.74) is -1.31. The van der Waals surface area contributed by atoms with Gasteiger partial charge in [-0.1, -0.05) is 11.6 Å². The van der Waals surface area contributed by atoms with Gasteiger partial charge in [-0.25, -0.2) is 4.79 Å². The van der Waals surface area contributed by atoms with Crippen LogP contribution in [0.25, 0.3) is 0 Å². The van der Waals surface area contributed by atoms with E-state index in [4.69, 9.17) is 11.6 Å². The number of hydrogen-bond acceptors (Lipinski definition) is 3. The Morgan fingerprint density at radius 3 is 2.35 bits per heavy atom. The van der Waals surface area contributed by atoms with E-state index < -0.39 is 17.6 Å². The number of alkyl halides is 3. The van der Waals surface area contributed by atoms with Gasteiger partial charge in [0.05, 0.1) is 17.8 Å². The predicted molar refractivity (Wildman–Crippen MR) is 92.2 cm³/mol. The number of amides is 3. The lowest BCUT2D eigenvalue weighted by Gasteiger charge is -2.35. The number of anilines is 1. The van der Waals surface area contributed by atoms with Gasteiger partial charge in [0, 0.05) is 45.3 Å². The topological polar surface area (TPSA) is 55.9 Å². The SMILES string of the molecule is CN(C)C(=O)N1CCN(CC(=O)Nc2ccc(Cl)cc2C(F)(F)F)CC1. The quantitative estimate of drug-likeness (QED) is 0.860. The standard InChI is InChI=1S/C16H20ClF3N4O2/c1-22(2)15(26)24-7-5-23(6-8-24)10-14(25)21-13-4-3-11(17)9-12(13)16(18,19)20/h3-4,9H,5-8,10H2,1-2H3,(H,21,25). The molecule has 1 heterocycles. The van der Waals surface area contributed by atoms with Crippen LogP contribution < -0.4 is 5.32 Å². The minimum atomic E-state index is -4.62. The molecule has 0 aliphatic carbocycles. The predicted octanol–water partition coefficient (Wildman–Crippen LogP) is 2.60. The molecule has 0 spiro atoms. The fourth-order valence-electron chi connectivity index (χ4n) is 2.63. The Labute approximate surface area is 154 Å². The smallest absolute Gasteiger partial charge is 0.331 e. The van der Waals surface area contributed by atoms with Crippen molar-refractivity contribution < 1.29 is 22.8 Å². The lowest BCUT2D eigenvalue weighted by atomic mass is 10.1. The first-order chi connectivity index (χ1) is 12.1. The fourth-order valence-corrected chi connectivity index (χ4v) is 2.81. The van der Waals surface area contributed by atoms with E-state index in [9.17, 15) is 22.8 Å². The van der Waals surface area contributed by atoms with E-state index in [-0.39, 0.29) is 23.3 Å². The van der Waals surface area contributed by atoms with E-state index in [1.807, 2.05) is 0 Å². The van der Waals surface area contributed by atoms with Crippen LogP contribution >= 0.6 is 11.6 Å². The number of halogens is 4. The van der Waals surface area contributed by atoms with Crippen molar-refractivity contribution >= 4 is 29.2 Å². The van der Waals surface area contributed by atoms with Crippen molar-refractivity contribution in [2.75, 3.05) is 52.1 Å². The Bertz CT molecular complexity index is 674. The summed E-state index contributed by atoms with van der Waals surface area (Å²) in [4.78, 5) is 28.9. The molecule has 1 aromatic carbocycles. The van der Waals surface area contributed by atoms with E-state index in [0.29, 0.717) is 26.2 Å². The van der Waals surface area contributed by atoms with Gasteiger partial charge < -0.3 is 15.1 Å². The summed E-state index contributed by atoms with van der Waals surface area (Å²) in [6.45, 7) is 1.81. The number of nitrogens with zero attached hydrogens (tertiary/aromatic N) is 3. The number of urea groups is 1. The summed E-state index contributed by atoms with van der Waals surface area (Å²) in [7, 11) is 3.32. The largest absolute Gasteiger partial charge is 0.418 e. The molecule has 0 unspecified atom stereocenters. The normalized spacial score (nSPS) is 15.7. The fraction of sp³-hybridized carbons (Fsp3) is 0.500. The molecule has 0 bridgehead atoms. The summed E-state index contributed by atoms with van der Waals surface area (Å²) in [6.07, 6.45) is -4.62. The highest BCUT2D eigenvalue weighted by Crippen LogP contribution is 2.36. The van der Waals surface area contributed by atoms with Crippen LogP contribution in [0.15, 0.2) is 18.2 Å². The molecule has 144 valence electrons. The summed E-state index contributed by atoms with van der Waals surface area (Å²) in [5.74, 6) is -0.551. The molecule has 1 fully saturated rings. The third-order valence-corrected chi connectivity index (χ3v) is 4.19. The molecule has 1 aliphatic heterocycles. The molecule has 1 aliphatic rings. The van der Waals surface area contributed by atoms with Gasteiger partial charge in [-0.05, 0) is 18.2 Å². The molecule has 10 heteroatoms. The number of benzene rings is 1. The van der Waals surface area contributed by atoms with Gasteiger partial charge in [-0.3, -0.25) is 9.69 Å². The molecule has 0 radical (unpaired) electrons. The third-order valence-electron chi connectivity index (χ3n) is 3.95. The Kier molecular flexibility index (Phi) is 6.35. The molecule has 3 amide bonds. The molecule has 26 heavy (non-hydrogen) atoms. The number of piperazine rings is 1. The van der Waals surface area contributed by atoms with Crippen molar-refractivity contribution in [2.45, 2.75) is 6.18 Å². The van der Waals surface area contributed by atoms with Crippen molar-refractivity contribution in [3.05, 3.63) is 28.8 Å². The van der Waals surface area contributed by atoms with E-state index in [1.165, 1.54) is 11.0 Å². The maximum atomic E-state index is 13.1. The minimum absolute atomic E-state index is 0.0517. The number of carbonyl (C=O) groups is 2. The molecule has 6 nitrogen and oxygen atoms in total. The van der Waals surface area contributed by atoms with Crippen molar-refractivity contribution in [3.8, 4) is 0 Å². The number of hydrogen-bond donors (Lipinski definition) is 1. The van der Waals surface area contributed by atoms with E-state index in [2.05, 4.69) is 5.32 Å². The van der Waals surface area contributed by atoms with Crippen LogP contribution in [0.3, 0.4) is 0 Å². The average Bonchev–Trinajstić information content (AvgIpc) is 2.55. The van der Waals surface area contributed by atoms with Gasteiger partial charge in [-0.2, -0.15) is 13.2 Å². The summed E-state index contributed by atoms with van der Waals surface area (Å²) in [6, 6.07) is 3.10. The molecule has 0 saturated carbocycles. The zero-order valence-corrected chi connectivity index (χ0v) is 15.2. The highest BCUT2D eigenvalue weighted by Gasteiger charge is 2.34. The molecular formula is C16H20ClF3N4O2. The zero-order valence-electron chi connectivity index (χ0n) is 14.4. The Morgan fingerprint density at radius 1 is 1.19 bits per heavy atom. The van der Waals surface area contributed by atoms with Gasteiger partial charge in [0.25, 0.3) is 0 Å². The first kappa shape index (κ1) is 20.3. The van der Waals surface area contributed by atoms with Gasteiger partial charge in [-0.15, -0.1) is 0 Å². The molecule has 2 rings (SSSR count). The first-order valence-electron chi connectivity index (χ1n) is 7.93. The molecule has 1 N–H and O–H groups in total. The summed E-state index contributed by atoms with van der Waals surface area (Å²) in [5, 5.41) is 2.24.